The predicted octanol–water partition coefficient (Wildman–Crippen LogP) is 6.31. The molecule has 41 heavy (non-hydrogen) atoms. The van der Waals surface area contributed by atoms with Crippen molar-refractivity contribution in [3.8, 4) is 11.5 Å². The van der Waals surface area contributed by atoms with E-state index in [1.54, 1.807) is 6.07 Å². The number of anilines is 1. The number of aryl methyl sites for hydroxylation is 1. The zero-order valence-electron chi connectivity index (χ0n) is 23.6. The van der Waals surface area contributed by atoms with Crippen LogP contribution in [0, 0.1) is 6.92 Å². The fourth-order valence-corrected chi connectivity index (χ4v) is 5.40. The number of aromatic amines is 1. The number of benzene rings is 2. The molecule has 2 aromatic heterocycles. The van der Waals surface area contributed by atoms with Crippen molar-refractivity contribution >= 4 is 29.1 Å². The highest BCUT2D eigenvalue weighted by atomic mass is 35.5. The highest BCUT2D eigenvalue weighted by Gasteiger charge is 2.26. The van der Waals surface area contributed by atoms with E-state index in [1.165, 1.54) is 5.56 Å². The number of nitrogens with zero attached hydrogens (tertiary/aromatic N) is 4. The number of halogens is 1. The zero-order chi connectivity index (χ0) is 28.8. The van der Waals surface area contributed by atoms with E-state index < -0.39 is 0 Å². The largest absolute Gasteiger partial charge is 0.460 e. The van der Waals surface area contributed by atoms with Gasteiger partial charge in [-0.2, -0.15) is 5.10 Å². The summed E-state index contributed by atoms with van der Waals surface area (Å²) in [5.74, 6) is 1.28. The van der Waals surface area contributed by atoms with Crippen LogP contribution in [0.25, 0.3) is 11.5 Å². The summed E-state index contributed by atoms with van der Waals surface area (Å²) in [5.41, 5.74) is 3.81. The number of furan rings is 1. The highest BCUT2D eigenvalue weighted by Crippen LogP contribution is 2.29. The lowest BCUT2D eigenvalue weighted by molar-refractivity contribution is -0.118. The monoisotopic (exact) mass is 573 g/mol. The number of amides is 2. The van der Waals surface area contributed by atoms with Crippen LogP contribution >= 0.6 is 11.6 Å². The van der Waals surface area contributed by atoms with Crippen LogP contribution in [0.5, 0.6) is 0 Å². The van der Waals surface area contributed by atoms with Gasteiger partial charge in [0.05, 0.1) is 5.69 Å². The molecule has 2 amide bonds. The molecule has 0 fully saturated rings. The predicted molar refractivity (Wildman–Crippen MR) is 161 cm³/mol. The quantitative estimate of drug-likeness (QED) is 0.292. The molecule has 1 N–H and O–H groups in total. The molecule has 3 heterocycles. The SMILES string of the molecule is CCCC(=O)N1CCCN(Cc2ccccc2)CCN(C(=O)c2cc(-c3ccc(C)o3)[nH]n2)Cc2ccc(Cl)cc21. The van der Waals surface area contributed by atoms with Gasteiger partial charge in [0.25, 0.3) is 5.91 Å². The third-order valence-corrected chi connectivity index (χ3v) is 7.58. The van der Waals surface area contributed by atoms with Crippen molar-refractivity contribution < 1.29 is 14.0 Å². The van der Waals surface area contributed by atoms with Crippen molar-refractivity contribution in [2.75, 3.05) is 31.1 Å². The summed E-state index contributed by atoms with van der Waals surface area (Å²) in [7, 11) is 0. The minimum atomic E-state index is -0.193. The van der Waals surface area contributed by atoms with E-state index in [0.717, 1.165) is 42.9 Å². The fraction of sp³-hybridized carbons (Fsp3) is 0.344. The molecule has 0 unspecified atom stereocenters. The van der Waals surface area contributed by atoms with E-state index in [1.807, 2.05) is 72.2 Å². The Morgan fingerprint density at radius 3 is 2.59 bits per heavy atom. The van der Waals surface area contributed by atoms with Crippen LogP contribution in [0.2, 0.25) is 5.02 Å². The summed E-state index contributed by atoms with van der Waals surface area (Å²) in [4.78, 5) is 33.3. The first-order valence-electron chi connectivity index (χ1n) is 14.2. The molecule has 4 aromatic rings. The van der Waals surface area contributed by atoms with Crippen molar-refractivity contribution in [2.45, 2.75) is 46.2 Å². The van der Waals surface area contributed by atoms with E-state index in [-0.39, 0.29) is 11.8 Å². The third kappa shape index (κ3) is 7.07. The van der Waals surface area contributed by atoms with Crippen molar-refractivity contribution in [2.24, 2.45) is 0 Å². The van der Waals surface area contributed by atoms with Gasteiger partial charge in [0.1, 0.15) is 11.5 Å². The number of rotatable bonds is 6. The Bertz CT molecular complexity index is 1480. The molecule has 0 saturated carbocycles. The van der Waals surface area contributed by atoms with Gasteiger partial charge in [0.15, 0.2) is 11.5 Å². The number of hydrogen-bond acceptors (Lipinski definition) is 5. The molecule has 1 aliphatic rings. The average molecular weight is 574 g/mol. The lowest BCUT2D eigenvalue weighted by atomic mass is 10.1. The first kappa shape index (κ1) is 28.6. The number of aromatic nitrogens is 2. The summed E-state index contributed by atoms with van der Waals surface area (Å²) in [6.45, 7) is 7.51. The molecule has 2 aromatic carbocycles. The smallest absolute Gasteiger partial charge is 0.274 e. The maximum absolute atomic E-state index is 13.9. The van der Waals surface area contributed by atoms with E-state index in [9.17, 15) is 9.59 Å². The molecule has 0 saturated heterocycles. The van der Waals surface area contributed by atoms with Gasteiger partial charge in [-0.25, -0.2) is 0 Å². The first-order chi connectivity index (χ1) is 19.9. The Hall–Kier alpha value is -3.88. The van der Waals surface area contributed by atoms with Crippen LogP contribution in [0.3, 0.4) is 0 Å². The summed E-state index contributed by atoms with van der Waals surface area (Å²) in [6, 6.07) is 21.4. The maximum atomic E-state index is 13.9. The Morgan fingerprint density at radius 1 is 1.00 bits per heavy atom. The molecule has 0 bridgehead atoms. The van der Waals surface area contributed by atoms with Crippen LogP contribution in [0.15, 0.2) is 71.1 Å². The van der Waals surface area contributed by atoms with Crippen LogP contribution in [0.1, 0.15) is 53.6 Å². The molecule has 5 rings (SSSR count). The molecule has 1 aliphatic heterocycles. The van der Waals surface area contributed by atoms with Crippen LogP contribution in [-0.2, 0) is 17.9 Å². The molecule has 0 spiro atoms. The van der Waals surface area contributed by atoms with E-state index >= 15 is 0 Å². The van der Waals surface area contributed by atoms with Gasteiger partial charge < -0.3 is 14.2 Å². The Kier molecular flexibility index (Phi) is 9.21. The molecular formula is C32H36ClN5O3. The first-order valence-corrected chi connectivity index (χ1v) is 14.6. The van der Waals surface area contributed by atoms with Crippen LogP contribution in [0.4, 0.5) is 5.69 Å². The lowest BCUT2D eigenvalue weighted by Gasteiger charge is -2.28. The van der Waals surface area contributed by atoms with Crippen LogP contribution < -0.4 is 4.90 Å². The summed E-state index contributed by atoms with van der Waals surface area (Å²) in [5, 5.41) is 7.85. The second kappa shape index (κ2) is 13.2. The molecule has 0 radical (unpaired) electrons. The number of nitrogens with one attached hydrogen (secondary N) is 1. The van der Waals surface area contributed by atoms with Gasteiger partial charge in [-0.1, -0.05) is 54.9 Å². The fourth-order valence-electron chi connectivity index (χ4n) is 5.23. The number of carbonyl (C=O) groups is 2. The Labute approximate surface area is 245 Å². The Balaban J connectivity index is 1.48. The van der Waals surface area contributed by atoms with Crippen molar-refractivity contribution in [1.82, 2.24) is 20.0 Å². The molecule has 0 aliphatic carbocycles. The van der Waals surface area contributed by atoms with E-state index in [4.69, 9.17) is 16.0 Å². The van der Waals surface area contributed by atoms with Gasteiger partial charge in [-0.05, 0) is 55.2 Å². The number of H-pyrrole nitrogens is 1. The second-order valence-corrected chi connectivity index (χ2v) is 10.9. The molecule has 8 nitrogen and oxygen atoms in total. The van der Waals surface area contributed by atoms with Gasteiger partial charge in [0, 0.05) is 56.8 Å². The average Bonchev–Trinajstić information content (AvgIpc) is 3.63. The van der Waals surface area contributed by atoms with E-state index in [0.29, 0.717) is 54.8 Å². The molecular weight excluding hydrogens is 538 g/mol. The van der Waals surface area contributed by atoms with Gasteiger partial charge in [-0.15, -0.1) is 0 Å². The van der Waals surface area contributed by atoms with Gasteiger partial charge in [0.2, 0.25) is 5.91 Å². The maximum Gasteiger partial charge on any atom is 0.274 e. The lowest BCUT2D eigenvalue weighted by Crippen LogP contribution is -2.38. The van der Waals surface area contributed by atoms with Gasteiger partial charge in [-0.3, -0.25) is 19.6 Å². The minimum Gasteiger partial charge on any atom is -0.460 e. The third-order valence-electron chi connectivity index (χ3n) is 7.35. The number of hydrogen-bond donors (Lipinski definition) is 1. The summed E-state index contributed by atoms with van der Waals surface area (Å²) < 4.78 is 5.72. The minimum absolute atomic E-state index is 0.0634. The number of fused-ring (bicyclic) bond motifs is 1. The van der Waals surface area contributed by atoms with Gasteiger partial charge >= 0.3 is 0 Å². The van der Waals surface area contributed by atoms with Crippen molar-refractivity contribution in [3.05, 3.63) is 94.3 Å². The zero-order valence-corrected chi connectivity index (χ0v) is 24.4. The number of carbonyl (C=O) groups excluding carboxylic acids is 2. The summed E-state index contributed by atoms with van der Waals surface area (Å²) >= 11 is 6.44. The standard InChI is InChI=1S/C32H36ClN5O3/c1-3-8-31(39)38-16-7-15-36(21-24-9-5-4-6-10-24)17-18-37(22-25-12-13-26(33)19-29(25)38)32(40)28-20-27(34-35-28)30-14-11-23(2)41-30/h4-6,9-14,19-20H,3,7-8,15-18,21-22H2,1-2H3,(H,34,35). The van der Waals surface area contributed by atoms with Crippen molar-refractivity contribution in [3.63, 3.8) is 0 Å². The van der Waals surface area contributed by atoms with E-state index in [2.05, 4.69) is 27.2 Å². The second-order valence-electron chi connectivity index (χ2n) is 10.5. The van der Waals surface area contributed by atoms with Crippen molar-refractivity contribution in [1.29, 1.82) is 0 Å². The highest BCUT2D eigenvalue weighted by molar-refractivity contribution is 6.31. The normalized spacial score (nSPS) is 14.9. The molecule has 0 atom stereocenters. The topological polar surface area (TPSA) is 85.7 Å². The molecule has 9 heteroatoms. The Morgan fingerprint density at radius 2 is 1.83 bits per heavy atom. The molecule has 214 valence electrons. The van der Waals surface area contributed by atoms with Crippen LogP contribution in [-0.4, -0.2) is 58.0 Å². The summed E-state index contributed by atoms with van der Waals surface area (Å²) in [6.07, 6.45) is 2.00.